The Morgan fingerprint density at radius 2 is 1.82 bits per heavy atom. The lowest BCUT2D eigenvalue weighted by molar-refractivity contribution is -0.138. The summed E-state index contributed by atoms with van der Waals surface area (Å²) >= 11 is 0. The molecule has 154 valence electrons. The summed E-state index contributed by atoms with van der Waals surface area (Å²) in [4.78, 5) is 18.6. The fourth-order valence-electron chi connectivity index (χ4n) is 5.84. The first-order valence-electron chi connectivity index (χ1n) is 10.9. The van der Waals surface area contributed by atoms with Gasteiger partial charge in [-0.25, -0.2) is 0 Å². The molecule has 0 radical (unpaired) electrons. The van der Waals surface area contributed by atoms with Gasteiger partial charge < -0.3 is 5.11 Å². The molecule has 1 saturated heterocycles. The van der Waals surface area contributed by atoms with Crippen LogP contribution in [0.1, 0.15) is 50.5 Å². The lowest BCUT2D eigenvalue weighted by Crippen LogP contribution is -2.56. The Bertz CT molecular complexity index is 678. The highest BCUT2D eigenvalue weighted by molar-refractivity contribution is 5.69. The van der Waals surface area contributed by atoms with Gasteiger partial charge in [0.1, 0.15) is 0 Å². The summed E-state index contributed by atoms with van der Waals surface area (Å²) in [5.74, 6) is 0.111. The lowest BCUT2D eigenvalue weighted by atomic mass is 9.68. The third kappa shape index (κ3) is 3.60. The van der Waals surface area contributed by atoms with Crippen LogP contribution in [0.2, 0.25) is 0 Å². The van der Waals surface area contributed by atoms with Gasteiger partial charge in [0.15, 0.2) is 0 Å². The SMILES string of the molecule is CN(C)[C@]1(c2ccccc2)CC[C@]2(CC1)CN(CC(=O)O)CN2CC1CCC1. The van der Waals surface area contributed by atoms with Crippen LogP contribution in [0.3, 0.4) is 0 Å². The topological polar surface area (TPSA) is 47.0 Å². The monoisotopic (exact) mass is 385 g/mol. The highest BCUT2D eigenvalue weighted by Crippen LogP contribution is 2.49. The summed E-state index contributed by atoms with van der Waals surface area (Å²) in [6.07, 6.45) is 8.60. The number of carbonyl (C=O) groups is 1. The van der Waals surface area contributed by atoms with Crippen molar-refractivity contribution < 1.29 is 9.90 Å². The standard InChI is InChI=1S/C23H35N3O2/c1-24(2)23(20-9-4-3-5-10-20)13-11-22(12-14-23)17-25(16-21(27)28)18-26(22)15-19-7-6-8-19/h3-5,9-10,19H,6-8,11-18H2,1-2H3,(H,27,28)/t22-,23+. The van der Waals surface area contributed by atoms with Crippen LogP contribution in [0.25, 0.3) is 0 Å². The summed E-state index contributed by atoms with van der Waals surface area (Å²) < 4.78 is 0. The summed E-state index contributed by atoms with van der Waals surface area (Å²) in [6, 6.07) is 10.9. The van der Waals surface area contributed by atoms with Gasteiger partial charge in [-0.3, -0.25) is 19.5 Å². The van der Waals surface area contributed by atoms with Crippen LogP contribution in [0, 0.1) is 5.92 Å². The summed E-state index contributed by atoms with van der Waals surface area (Å²) in [5.41, 5.74) is 1.66. The molecule has 0 unspecified atom stereocenters. The molecule has 1 aliphatic heterocycles. The van der Waals surface area contributed by atoms with Crippen LogP contribution in [-0.4, -0.2) is 71.7 Å². The molecular formula is C23H35N3O2. The van der Waals surface area contributed by atoms with Crippen molar-refractivity contribution in [3.8, 4) is 0 Å². The normalized spacial score (nSPS) is 32.1. The van der Waals surface area contributed by atoms with Gasteiger partial charge in [0.2, 0.25) is 0 Å². The van der Waals surface area contributed by atoms with Gasteiger partial charge in [-0.15, -0.1) is 0 Å². The third-order valence-corrected chi connectivity index (χ3v) is 7.80. The first-order chi connectivity index (χ1) is 13.4. The molecule has 1 aromatic rings. The van der Waals surface area contributed by atoms with E-state index in [1.165, 1.54) is 24.8 Å². The quantitative estimate of drug-likeness (QED) is 0.815. The molecule has 0 atom stereocenters. The molecule has 5 heteroatoms. The summed E-state index contributed by atoms with van der Waals surface area (Å²) in [6.45, 7) is 3.05. The second-order valence-corrected chi connectivity index (χ2v) is 9.56. The van der Waals surface area contributed by atoms with Crippen LogP contribution >= 0.6 is 0 Å². The average Bonchev–Trinajstić information content (AvgIpc) is 2.95. The van der Waals surface area contributed by atoms with E-state index in [0.29, 0.717) is 0 Å². The second kappa shape index (κ2) is 7.77. The van der Waals surface area contributed by atoms with E-state index >= 15 is 0 Å². The number of carboxylic acid groups (broad SMARTS) is 1. The molecule has 3 fully saturated rings. The van der Waals surface area contributed by atoms with Crippen molar-refractivity contribution in [2.45, 2.75) is 56.0 Å². The number of benzene rings is 1. The maximum atomic E-state index is 11.3. The Labute approximate surface area is 169 Å². The molecule has 0 amide bonds. The molecule has 5 nitrogen and oxygen atoms in total. The summed E-state index contributed by atoms with van der Waals surface area (Å²) in [5, 5.41) is 9.32. The van der Waals surface area contributed by atoms with E-state index in [-0.39, 0.29) is 17.6 Å². The van der Waals surface area contributed by atoms with Crippen LogP contribution in [0.4, 0.5) is 0 Å². The minimum absolute atomic E-state index is 0.0921. The van der Waals surface area contributed by atoms with E-state index in [4.69, 9.17) is 0 Å². The van der Waals surface area contributed by atoms with Crippen molar-refractivity contribution in [1.82, 2.24) is 14.7 Å². The molecule has 0 aromatic heterocycles. The Morgan fingerprint density at radius 3 is 2.36 bits per heavy atom. The van der Waals surface area contributed by atoms with E-state index in [1.54, 1.807) is 0 Å². The fraction of sp³-hybridized carbons (Fsp3) is 0.696. The predicted molar refractivity (Wildman–Crippen MR) is 111 cm³/mol. The highest BCUT2D eigenvalue weighted by Gasteiger charge is 2.51. The number of rotatable bonds is 6. The van der Waals surface area contributed by atoms with E-state index in [0.717, 1.165) is 51.4 Å². The van der Waals surface area contributed by atoms with E-state index in [2.05, 4.69) is 59.1 Å². The van der Waals surface area contributed by atoms with Crippen LogP contribution in [0.5, 0.6) is 0 Å². The molecule has 1 aromatic carbocycles. The highest BCUT2D eigenvalue weighted by atomic mass is 16.4. The average molecular weight is 386 g/mol. The van der Waals surface area contributed by atoms with Crippen molar-refractivity contribution in [3.05, 3.63) is 35.9 Å². The molecule has 4 rings (SSSR count). The predicted octanol–water partition coefficient (Wildman–Crippen LogP) is 3.22. The maximum Gasteiger partial charge on any atom is 0.317 e. The van der Waals surface area contributed by atoms with Gasteiger partial charge in [0.05, 0.1) is 13.2 Å². The minimum Gasteiger partial charge on any atom is -0.480 e. The van der Waals surface area contributed by atoms with Gasteiger partial charge in [-0.05, 0) is 64.1 Å². The lowest BCUT2D eigenvalue weighted by Gasteiger charge is -2.52. The van der Waals surface area contributed by atoms with Crippen LogP contribution < -0.4 is 0 Å². The first kappa shape index (κ1) is 19.9. The largest absolute Gasteiger partial charge is 0.480 e. The molecule has 1 N–H and O–H groups in total. The Balaban J connectivity index is 1.54. The van der Waals surface area contributed by atoms with Gasteiger partial charge in [0, 0.05) is 24.2 Å². The van der Waals surface area contributed by atoms with Gasteiger partial charge >= 0.3 is 5.97 Å². The maximum absolute atomic E-state index is 11.3. The molecule has 1 spiro atoms. The molecule has 28 heavy (non-hydrogen) atoms. The Hall–Kier alpha value is -1.43. The third-order valence-electron chi connectivity index (χ3n) is 7.80. The molecule has 2 aliphatic carbocycles. The van der Waals surface area contributed by atoms with E-state index < -0.39 is 5.97 Å². The summed E-state index contributed by atoms with van der Waals surface area (Å²) in [7, 11) is 4.42. The van der Waals surface area contributed by atoms with Crippen molar-refractivity contribution in [3.63, 3.8) is 0 Å². The number of carboxylic acids is 1. The van der Waals surface area contributed by atoms with Gasteiger partial charge in [-0.1, -0.05) is 36.8 Å². The zero-order valence-electron chi connectivity index (χ0n) is 17.4. The number of hydrogen-bond donors (Lipinski definition) is 1. The van der Waals surface area contributed by atoms with E-state index in [9.17, 15) is 9.90 Å². The van der Waals surface area contributed by atoms with E-state index in [1.807, 2.05) is 0 Å². The van der Waals surface area contributed by atoms with Crippen molar-refractivity contribution in [2.75, 3.05) is 40.4 Å². The molecular weight excluding hydrogens is 350 g/mol. The molecule has 2 saturated carbocycles. The Morgan fingerprint density at radius 1 is 1.14 bits per heavy atom. The van der Waals surface area contributed by atoms with Crippen molar-refractivity contribution in [2.24, 2.45) is 5.92 Å². The van der Waals surface area contributed by atoms with Gasteiger partial charge in [0.25, 0.3) is 0 Å². The van der Waals surface area contributed by atoms with Crippen LogP contribution in [-0.2, 0) is 10.3 Å². The van der Waals surface area contributed by atoms with Crippen molar-refractivity contribution in [1.29, 1.82) is 0 Å². The number of hydrogen-bond acceptors (Lipinski definition) is 4. The first-order valence-corrected chi connectivity index (χ1v) is 10.9. The molecule has 0 bridgehead atoms. The fourth-order valence-corrected chi connectivity index (χ4v) is 5.84. The molecule has 1 heterocycles. The smallest absolute Gasteiger partial charge is 0.317 e. The Kier molecular flexibility index (Phi) is 5.51. The number of nitrogens with zero attached hydrogens (tertiary/aromatic N) is 3. The minimum atomic E-state index is -0.705. The number of aliphatic carboxylic acids is 1. The van der Waals surface area contributed by atoms with Crippen LogP contribution in [0.15, 0.2) is 30.3 Å². The zero-order valence-corrected chi connectivity index (χ0v) is 17.4. The molecule has 3 aliphatic rings. The van der Waals surface area contributed by atoms with Gasteiger partial charge in [-0.2, -0.15) is 0 Å². The zero-order chi connectivity index (χ0) is 19.8. The van der Waals surface area contributed by atoms with Crippen molar-refractivity contribution >= 4 is 5.97 Å². The second-order valence-electron chi connectivity index (χ2n) is 9.56.